The molecule has 55 heavy (non-hydrogen) atoms. The van der Waals surface area contributed by atoms with Crippen LogP contribution in [0.1, 0.15) is 72.8 Å². The van der Waals surface area contributed by atoms with Gasteiger partial charge >= 0.3 is 0 Å². The standard InChI is InChI=1S/C31H27N2O.C18H24NSi.Ir/c1-19(2)21-12-9-13-22(20(3)4)29(21)33-27-17-7-6-16-26(27)32-31(33)25-15-10-14-24-23-11-5-8-18-28(23)34-30(24)25;1-14(2)11-16-12-17(20(3,4)5)13-19-18(16)15-9-7-6-8-10-15;/h5-14,16-20H,1-4H3;6-9,12-14H,11H2,1-5H3;/q2*-1;/i;11D2;. The van der Waals surface area contributed by atoms with E-state index >= 15 is 0 Å². The van der Waals surface area contributed by atoms with Crippen LogP contribution in [-0.4, -0.2) is 22.6 Å². The van der Waals surface area contributed by atoms with Crippen LogP contribution in [0.3, 0.4) is 0 Å². The molecule has 3 aromatic heterocycles. The summed E-state index contributed by atoms with van der Waals surface area (Å²) in [6, 6.07) is 43.6. The number of furan rings is 1. The first-order chi connectivity index (χ1) is 26.7. The second kappa shape index (κ2) is 16.6. The summed E-state index contributed by atoms with van der Waals surface area (Å²) in [6.07, 6.45) is 0.504. The fraction of sp³-hybridized carbons (Fsp3) is 0.265. The number of pyridine rings is 1. The molecule has 0 spiro atoms. The normalized spacial score (nSPS) is 12.6. The van der Waals surface area contributed by atoms with Crippen LogP contribution in [0.25, 0.3) is 61.3 Å². The minimum atomic E-state index is -1.54. The molecule has 1 radical (unpaired) electrons. The first kappa shape index (κ1) is 37.3. The van der Waals surface area contributed by atoms with Gasteiger partial charge in [-0.3, -0.25) is 4.98 Å². The van der Waals surface area contributed by atoms with E-state index in [1.54, 1.807) is 0 Å². The average molecular weight is 920 g/mol. The van der Waals surface area contributed by atoms with Crippen molar-refractivity contribution in [1.29, 1.82) is 0 Å². The summed E-state index contributed by atoms with van der Waals surface area (Å²) >= 11 is 0. The minimum absolute atomic E-state index is 0. The second-order valence-corrected chi connectivity index (χ2v) is 21.1. The molecule has 0 fully saturated rings. The number of fused-ring (bicyclic) bond motifs is 4. The zero-order valence-corrected chi connectivity index (χ0v) is 36.7. The largest absolute Gasteiger partial charge is 0.501 e. The van der Waals surface area contributed by atoms with E-state index in [0.29, 0.717) is 23.1 Å². The Morgan fingerprint density at radius 1 is 0.764 bits per heavy atom. The Bertz CT molecular complexity index is 2630. The molecule has 0 unspecified atom stereocenters. The predicted octanol–water partition coefficient (Wildman–Crippen LogP) is 12.9. The Morgan fingerprint density at radius 3 is 2.13 bits per heavy atom. The summed E-state index contributed by atoms with van der Waals surface area (Å²) in [5, 5.41) is 3.39. The van der Waals surface area contributed by atoms with Crippen molar-refractivity contribution in [2.75, 3.05) is 0 Å². The summed E-state index contributed by atoms with van der Waals surface area (Å²) in [5.74, 6) is 1.48. The van der Waals surface area contributed by atoms with E-state index in [2.05, 4.69) is 124 Å². The zero-order valence-electron chi connectivity index (χ0n) is 35.3. The van der Waals surface area contributed by atoms with Crippen LogP contribution in [0, 0.1) is 18.1 Å². The third kappa shape index (κ3) is 8.19. The number of para-hydroxylation sites is 4. The predicted molar refractivity (Wildman–Crippen MR) is 231 cm³/mol. The molecule has 0 N–H and O–H groups in total. The number of aromatic nitrogens is 3. The second-order valence-electron chi connectivity index (χ2n) is 16.0. The number of nitrogens with zero attached hydrogens (tertiary/aromatic N) is 3. The molecule has 283 valence electrons. The van der Waals surface area contributed by atoms with Crippen LogP contribution < -0.4 is 5.19 Å². The van der Waals surface area contributed by atoms with Gasteiger partial charge in [0, 0.05) is 40.1 Å². The van der Waals surface area contributed by atoms with E-state index in [0.717, 1.165) is 49.9 Å². The van der Waals surface area contributed by atoms with E-state index in [4.69, 9.17) is 12.1 Å². The molecule has 8 rings (SSSR count). The van der Waals surface area contributed by atoms with Crippen molar-refractivity contribution in [2.24, 2.45) is 5.92 Å². The van der Waals surface area contributed by atoms with Gasteiger partial charge < -0.3 is 14.0 Å². The van der Waals surface area contributed by atoms with E-state index in [9.17, 15) is 0 Å². The molecule has 0 saturated heterocycles. The van der Waals surface area contributed by atoms with Crippen LogP contribution in [0.15, 0.2) is 120 Å². The van der Waals surface area contributed by atoms with Crippen molar-refractivity contribution in [3.8, 4) is 28.3 Å². The van der Waals surface area contributed by atoms with Crippen molar-refractivity contribution in [2.45, 2.75) is 79.4 Å². The third-order valence-corrected chi connectivity index (χ3v) is 11.9. The van der Waals surface area contributed by atoms with Crippen LogP contribution in [0.5, 0.6) is 0 Å². The number of benzene rings is 5. The smallest absolute Gasteiger partial charge is 0.120 e. The van der Waals surface area contributed by atoms with Crippen molar-refractivity contribution in [3.63, 3.8) is 0 Å². The third-order valence-electron chi connectivity index (χ3n) is 9.85. The maximum atomic E-state index is 8.54. The van der Waals surface area contributed by atoms with E-state index in [1.807, 2.05) is 74.6 Å². The number of rotatable bonds is 8. The Balaban J connectivity index is 0.000000208. The summed E-state index contributed by atoms with van der Waals surface area (Å²) in [7, 11) is -1.54. The first-order valence-electron chi connectivity index (χ1n) is 20.1. The zero-order chi connectivity index (χ0) is 39.9. The molecule has 3 heterocycles. The van der Waals surface area contributed by atoms with Gasteiger partial charge in [-0.15, -0.1) is 54.1 Å². The molecular weight excluding hydrogens is 867 g/mol. The van der Waals surface area contributed by atoms with Crippen molar-refractivity contribution < 1.29 is 27.3 Å². The van der Waals surface area contributed by atoms with Gasteiger partial charge in [-0.05, 0) is 64.3 Å². The fourth-order valence-electron chi connectivity index (χ4n) is 7.10. The van der Waals surface area contributed by atoms with Gasteiger partial charge in [0.25, 0.3) is 0 Å². The Labute approximate surface area is 344 Å². The topological polar surface area (TPSA) is 43.9 Å². The molecule has 0 atom stereocenters. The van der Waals surface area contributed by atoms with E-state index < -0.39 is 14.4 Å². The van der Waals surface area contributed by atoms with Crippen LogP contribution in [-0.2, 0) is 26.5 Å². The number of imidazole rings is 1. The Morgan fingerprint density at radius 2 is 1.45 bits per heavy atom. The van der Waals surface area contributed by atoms with Gasteiger partial charge in [-0.1, -0.05) is 132 Å². The maximum absolute atomic E-state index is 8.54. The van der Waals surface area contributed by atoms with E-state index in [1.165, 1.54) is 22.0 Å². The molecule has 5 aromatic carbocycles. The molecule has 0 saturated carbocycles. The van der Waals surface area contributed by atoms with Crippen LogP contribution >= 0.6 is 0 Å². The first-order valence-corrected chi connectivity index (χ1v) is 22.6. The molecular formula is C49H51IrN3OSi-2. The van der Waals surface area contributed by atoms with Crippen LogP contribution in [0.2, 0.25) is 19.6 Å². The van der Waals surface area contributed by atoms with Crippen LogP contribution in [0.4, 0.5) is 0 Å². The summed E-state index contributed by atoms with van der Waals surface area (Å²) in [6.45, 7) is 19.6. The quantitative estimate of drug-likeness (QED) is 0.113. The molecule has 0 bridgehead atoms. The van der Waals surface area contributed by atoms with Gasteiger partial charge in [0.2, 0.25) is 0 Å². The Hall–Kier alpha value is -4.61. The molecule has 0 aliphatic carbocycles. The Kier molecular flexibility index (Phi) is 11.3. The average Bonchev–Trinajstić information content (AvgIpc) is 3.76. The van der Waals surface area contributed by atoms with E-state index in [-0.39, 0.29) is 26.0 Å². The molecule has 0 aliphatic rings. The summed E-state index contributed by atoms with van der Waals surface area (Å²) in [4.78, 5) is 9.78. The van der Waals surface area contributed by atoms with Crippen molar-refractivity contribution in [1.82, 2.24) is 14.5 Å². The molecule has 0 aliphatic heterocycles. The SMILES string of the molecule is CC(C)c1cccc(C(C)C)c1-n1c(-c2[c-]ccc3c2oc2ccccc23)nc2ccccc21.[2H]C([2H])(c1cc([Si](C)(C)C)cnc1-c1[c-]cccc1)C(C)C.[Ir]. The number of hydrogen-bond donors (Lipinski definition) is 0. The monoisotopic (exact) mass is 920 g/mol. The van der Waals surface area contributed by atoms with Crippen molar-refractivity contribution >= 4 is 46.2 Å². The van der Waals surface area contributed by atoms with Gasteiger partial charge in [0.05, 0.1) is 30.5 Å². The van der Waals surface area contributed by atoms with Gasteiger partial charge in [0.15, 0.2) is 0 Å². The molecule has 4 nitrogen and oxygen atoms in total. The summed E-state index contributed by atoms with van der Waals surface area (Å²) < 4.78 is 25.8. The molecule has 6 heteroatoms. The van der Waals surface area contributed by atoms with Gasteiger partial charge in [-0.25, -0.2) is 0 Å². The van der Waals surface area contributed by atoms with Gasteiger partial charge in [0.1, 0.15) is 5.58 Å². The van der Waals surface area contributed by atoms with Crippen molar-refractivity contribution in [3.05, 3.63) is 144 Å². The fourth-order valence-corrected chi connectivity index (χ4v) is 8.13. The molecule has 0 amide bonds. The number of hydrogen-bond acceptors (Lipinski definition) is 3. The van der Waals surface area contributed by atoms with Gasteiger partial charge in [-0.2, -0.15) is 0 Å². The summed E-state index contributed by atoms with van der Waals surface area (Å²) in [5.41, 5.74) is 10.7. The molecule has 8 aromatic rings. The maximum Gasteiger partial charge on any atom is 0.120 e. The minimum Gasteiger partial charge on any atom is -0.501 e.